The second-order valence-electron chi connectivity index (χ2n) is 14.2. The summed E-state index contributed by atoms with van der Waals surface area (Å²) in [6, 6.07) is 22.6. The Hall–Kier alpha value is -5.33. The highest BCUT2D eigenvalue weighted by atomic mass is 16.5. The maximum atomic E-state index is 14.3. The van der Waals surface area contributed by atoms with Gasteiger partial charge in [0.2, 0.25) is 17.7 Å². The van der Waals surface area contributed by atoms with E-state index in [-0.39, 0.29) is 44.3 Å². The number of pyridine rings is 1. The first-order valence-electron chi connectivity index (χ1n) is 19.0. The number of ether oxygens (including phenoxy) is 1. The number of carbonyl (C=O) groups is 4. The van der Waals surface area contributed by atoms with Gasteiger partial charge in [-0.1, -0.05) is 119 Å². The van der Waals surface area contributed by atoms with Crippen LogP contribution in [-0.4, -0.2) is 75.9 Å². The third-order valence-electron chi connectivity index (χ3n) is 10.2. The topological polar surface area (TPSA) is 179 Å². The summed E-state index contributed by atoms with van der Waals surface area (Å²) in [4.78, 5) is 58.8. The molecular formula is C43H55N5O7. The average molecular weight is 754 g/mol. The molecule has 2 unspecified atom stereocenters. The minimum absolute atomic E-state index is 0.00302. The van der Waals surface area contributed by atoms with Crippen LogP contribution < -0.4 is 21.3 Å². The Balaban J connectivity index is 1.58. The highest BCUT2D eigenvalue weighted by Gasteiger charge is 2.33. The van der Waals surface area contributed by atoms with Gasteiger partial charge in [-0.3, -0.25) is 19.4 Å². The van der Waals surface area contributed by atoms with Gasteiger partial charge in [0.25, 0.3) is 0 Å². The van der Waals surface area contributed by atoms with Gasteiger partial charge in [0.15, 0.2) is 0 Å². The van der Waals surface area contributed by atoms with E-state index in [0.29, 0.717) is 12.0 Å². The summed E-state index contributed by atoms with van der Waals surface area (Å²) in [6.07, 6.45) is 2.33. The van der Waals surface area contributed by atoms with Gasteiger partial charge in [-0.15, -0.1) is 0 Å². The summed E-state index contributed by atoms with van der Waals surface area (Å²) >= 11 is 0. The van der Waals surface area contributed by atoms with E-state index in [1.807, 2.05) is 100 Å². The smallest absolute Gasteiger partial charge is 0.408 e. The van der Waals surface area contributed by atoms with Crippen molar-refractivity contribution in [3.05, 3.63) is 114 Å². The Labute approximate surface area is 323 Å². The van der Waals surface area contributed by atoms with Gasteiger partial charge in [0, 0.05) is 25.2 Å². The van der Waals surface area contributed by atoms with E-state index in [9.17, 15) is 29.4 Å². The molecule has 55 heavy (non-hydrogen) atoms. The molecule has 0 fully saturated rings. The molecule has 1 aromatic heterocycles. The lowest BCUT2D eigenvalue weighted by Gasteiger charge is -2.31. The summed E-state index contributed by atoms with van der Waals surface area (Å²) in [5, 5.41) is 34.4. The van der Waals surface area contributed by atoms with E-state index < -0.39 is 54.1 Å². The normalized spacial score (nSPS) is 15.0. The maximum absolute atomic E-state index is 14.3. The second-order valence-corrected chi connectivity index (χ2v) is 14.2. The minimum Gasteiger partial charge on any atom is -0.445 e. The molecule has 0 radical (unpaired) electrons. The molecule has 0 saturated heterocycles. The molecule has 0 aliphatic carbocycles. The monoisotopic (exact) mass is 753 g/mol. The standard InChI is InChI=1S/C43H55N5O7/c1-5-28(3)37(26-49)45-39(51)24-38(50)40(29(4)6-2)48-42(53)35(22-31-16-13-21-44-25-31)46-41(52)36(47-43(54)55-27-30-14-8-7-9-15-30)23-33-19-12-18-32-17-10-11-20-34(32)33/h7-21,25,28-29,35-38,40,49-50H,5-6,22-24,26-27H2,1-4H3,(H,45,51)(H,46,52)(H,47,54)(H,48,53)/t28-,29?,35?,36-,37+,38-,40-/m0/s1. The van der Waals surface area contributed by atoms with Crippen LogP contribution in [0.15, 0.2) is 97.3 Å². The van der Waals surface area contributed by atoms with Crippen molar-refractivity contribution >= 4 is 34.6 Å². The third kappa shape index (κ3) is 12.9. The third-order valence-corrected chi connectivity index (χ3v) is 10.2. The quantitative estimate of drug-likeness (QED) is 0.0758. The van der Waals surface area contributed by atoms with Crippen molar-refractivity contribution in [2.75, 3.05) is 6.61 Å². The van der Waals surface area contributed by atoms with Gasteiger partial charge in [-0.25, -0.2) is 4.79 Å². The predicted molar refractivity (Wildman–Crippen MR) is 212 cm³/mol. The lowest BCUT2D eigenvalue weighted by molar-refractivity contribution is -0.131. The fraction of sp³-hybridized carbons (Fsp3) is 0.419. The van der Waals surface area contributed by atoms with Crippen molar-refractivity contribution in [1.82, 2.24) is 26.3 Å². The zero-order valence-corrected chi connectivity index (χ0v) is 32.1. The van der Waals surface area contributed by atoms with Gasteiger partial charge >= 0.3 is 6.09 Å². The second kappa shape index (κ2) is 21.5. The highest BCUT2D eigenvalue weighted by molar-refractivity contribution is 5.93. The van der Waals surface area contributed by atoms with Crippen molar-refractivity contribution in [3.8, 4) is 0 Å². The molecule has 0 aliphatic rings. The lowest BCUT2D eigenvalue weighted by Crippen LogP contribution is -2.58. The number of aliphatic hydroxyl groups is 2. The van der Waals surface area contributed by atoms with Crippen LogP contribution in [0.25, 0.3) is 10.8 Å². The largest absolute Gasteiger partial charge is 0.445 e. The van der Waals surface area contributed by atoms with Crippen molar-refractivity contribution in [2.45, 2.75) is 96.7 Å². The number of rotatable bonds is 20. The first kappa shape index (κ1) is 42.4. The molecule has 0 saturated carbocycles. The predicted octanol–water partition coefficient (Wildman–Crippen LogP) is 4.60. The molecule has 12 nitrogen and oxygen atoms in total. The molecule has 6 N–H and O–H groups in total. The summed E-state index contributed by atoms with van der Waals surface area (Å²) in [7, 11) is 0. The van der Waals surface area contributed by atoms with Crippen LogP contribution in [0.3, 0.4) is 0 Å². The molecule has 0 aliphatic heterocycles. The van der Waals surface area contributed by atoms with E-state index in [4.69, 9.17) is 4.74 Å². The van der Waals surface area contributed by atoms with E-state index in [2.05, 4.69) is 26.3 Å². The van der Waals surface area contributed by atoms with Gasteiger partial charge in [-0.05, 0) is 45.4 Å². The Kier molecular flexibility index (Phi) is 16.6. The maximum Gasteiger partial charge on any atom is 0.408 e. The van der Waals surface area contributed by atoms with Crippen LogP contribution in [0.4, 0.5) is 4.79 Å². The lowest BCUT2D eigenvalue weighted by atomic mass is 9.91. The summed E-state index contributed by atoms with van der Waals surface area (Å²) in [5.74, 6) is -1.86. The number of benzene rings is 3. The fourth-order valence-corrected chi connectivity index (χ4v) is 6.41. The van der Waals surface area contributed by atoms with Gasteiger partial charge < -0.3 is 36.2 Å². The average Bonchev–Trinajstić information content (AvgIpc) is 3.20. The SMILES string of the molecule is CCC(C)[C@H](NC(=O)C(Cc1cccnc1)NC(=O)[C@H](Cc1cccc2ccccc12)NC(=O)OCc1ccccc1)[C@@H](O)CC(=O)N[C@H](CO)[C@@H](C)CC. The number of alkyl carbamates (subject to hydrolysis) is 1. The van der Waals surface area contributed by atoms with Crippen molar-refractivity contribution in [1.29, 1.82) is 0 Å². The van der Waals surface area contributed by atoms with Crippen LogP contribution in [-0.2, 0) is 38.6 Å². The highest BCUT2D eigenvalue weighted by Crippen LogP contribution is 2.21. The molecule has 4 amide bonds. The summed E-state index contributed by atoms with van der Waals surface area (Å²) in [6.45, 7) is 7.42. The van der Waals surface area contributed by atoms with Crippen molar-refractivity contribution in [3.63, 3.8) is 0 Å². The number of amides is 4. The zero-order valence-electron chi connectivity index (χ0n) is 32.1. The van der Waals surface area contributed by atoms with Gasteiger partial charge in [-0.2, -0.15) is 0 Å². The van der Waals surface area contributed by atoms with E-state index >= 15 is 0 Å². The molecule has 4 rings (SSSR count). The Morgan fingerprint density at radius 1 is 0.727 bits per heavy atom. The van der Waals surface area contributed by atoms with E-state index in [0.717, 1.165) is 28.3 Å². The molecule has 0 spiro atoms. The van der Waals surface area contributed by atoms with Crippen LogP contribution in [0.1, 0.15) is 63.6 Å². The summed E-state index contributed by atoms with van der Waals surface area (Å²) in [5.41, 5.74) is 2.26. The number of aromatic nitrogens is 1. The van der Waals surface area contributed by atoms with Crippen molar-refractivity contribution in [2.24, 2.45) is 11.8 Å². The Morgan fingerprint density at radius 3 is 2.07 bits per heavy atom. The van der Waals surface area contributed by atoms with E-state index in [1.54, 1.807) is 24.5 Å². The summed E-state index contributed by atoms with van der Waals surface area (Å²) < 4.78 is 5.49. The minimum atomic E-state index is -1.26. The Morgan fingerprint density at radius 2 is 1.38 bits per heavy atom. The number of hydrogen-bond donors (Lipinski definition) is 6. The van der Waals surface area contributed by atoms with Gasteiger partial charge in [0.05, 0.1) is 31.2 Å². The molecular weight excluding hydrogens is 699 g/mol. The van der Waals surface area contributed by atoms with Gasteiger partial charge in [0.1, 0.15) is 18.7 Å². The molecule has 1 heterocycles. The molecule has 0 bridgehead atoms. The fourth-order valence-electron chi connectivity index (χ4n) is 6.41. The first-order valence-corrected chi connectivity index (χ1v) is 19.0. The van der Waals surface area contributed by atoms with Crippen molar-refractivity contribution < 1.29 is 34.1 Å². The molecule has 7 atom stereocenters. The molecule has 3 aromatic carbocycles. The molecule has 12 heteroatoms. The number of carbonyl (C=O) groups excluding carboxylic acids is 4. The number of fused-ring (bicyclic) bond motifs is 1. The van der Waals surface area contributed by atoms with Crippen LogP contribution >= 0.6 is 0 Å². The van der Waals surface area contributed by atoms with Crippen LogP contribution in [0, 0.1) is 11.8 Å². The molecule has 4 aromatic rings. The zero-order chi connectivity index (χ0) is 39.7. The molecule has 294 valence electrons. The number of nitrogens with zero attached hydrogens (tertiary/aromatic N) is 1. The first-order chi connectivity index (χ1) is 26.5. The Bertz CT molecular complexity index is 1820. The van der Waals surface area contributed by atoms with E-state index in [1.165, 1.54) is 0 Å². The van der Waals surface area contributed by atoms with Crippen LogP contribution in [0.5, 0.6) is 0 Å². The number of hydrogen-bond acceptors (Lipinski definition) is 8. The van der Waals surface area contributed by atoms with Crippen LogP contribution in [0.2, 0.25) is 0 Å². The number of aliphatic hydroxyl groups excluding tert-OH is 2. The number of nitrogens with one attached hydrogen (secondary N) is 4.